The number of hydrogen-bond acceptors (Lipinski definition) is 2. The van der Waals surface area contributed by atoms with Crippen molar-refractivity contribution in [2.24, 2.45) is 0 Å². The smallest absolute Gasteiger partial charge is 0.127 e. The van der Waals surface area contributed by atoms with Gasteiger partial charge in [0.1, 0.15) is 23.1 Å². The van der Waals surface area contributed by atoms with E-state index >= 15 is 0 Å². The summed E-state index contributed by atoms with van der Waals surface area (Å²) in [6.45, 7) is 2.59. The van der Waals surface area contributed by atoms with Crippen molar-refractivity contribution in [1.82, 2.24) is 0 Å². The van der Waals surface area contributed by atoms with Gasteiger partial charge in [-0.05, 0) is 66.9 Å². The maximum absolute atomic E-state index is 14.3. The fourth-order valence-electron chi connectivity index (χ4n) is 2.73. The summed E-state index contributed by atoms with van der Waals surface area (Å²) in [6.07, 6.45) is 2.43. The van der Waals surface area contributed by atoms with E-state index in [1.807, 2.05) is 85.8 Å². The van der Waals surface area contributed by atoms with Crippen LogP contribution in [0, 0.1) is 0 Å². The Labute approximate surface area is 159 Å². The highest BCUT2D eigenvalue weighted by molar-refractivity contribution is 5.35. The molecule has 0 saturated carbocycles. The van der Waals surface area contributed by atoms with Gasteiger partial charge in [-0.1, -0.05) is 42.5 Å². The first-order valence-electron chi connectivity index (χ1n) is 9.11. The first-order chi connectivity index (χ1) is 13.2. The number of halogens is 1. The minimum absolute atomic E-state index is 0.152. The minimum Gasteiger partial charge on any atom is -0.494 e. The summed E-state index contributed by atoms with van der Waals surface area (Å²) in [4.78, 5) is 0. The van der Waals surface area contributed by atoms with Crippen molar-refractivity contribution < 1.29 is 13.9 Å². The van der Waals surface area contributed by atoms with Crippen molar-refractivity contribution in [2.75, 3.05) is 6.61 Å². The van der Waals surface area contributed by atoms with Gasteiger partial charge in [0.05, 0.1) is 6.61 Å². The molecule has 0 N–H and O–H groups in total. The molecule has 0 unspecified atom stereocenters. The molecular weight excluding hydrogens is 339 g/mol. The molecule has 0 amide bonds. The largest absolute Gasteiger partial charge is 0.494 e. The SMILES string of the molecule is CCOc1ccc(CC=C(F)Cc2cccc(Oc3ccccc3)c2)cc1. The molecule has 0 aliphatic carbocycles. The zero-order valence-corrected chi connectivity index (χ0v) is 15.4. The van der Waals surface area contributed by atoms with Crippen LogP contribution in [0.5, 0.6) is 17.2 Å². The molecule has 0 heterocycles. The van der Waals surface area contributed by atoms with Gasteiger partial charge in [0, 0.05) is 6.42 Å². The predicted octanol–water partition coefficient (Wildman–Crippen LogP) is 6.52. The first-order valence-corrected chi connectivity index (χ1v) is 9.11. The molecule has 0 aliphatic heterocycles. The fourth-order valence-corrected chi connectivity index (χ4v) is 2.73. The molecule has 0 radical (unpaired) electrons. The Morgan fingerprint density at radius 1 is 0.815 bits per heavy atom. The molecule has 138 valence electrons. The fraction of sp³-hybridized carbons (Fsp3) is 0.167. The van der Waals surface area contributed by atoms with E-state index in [-0.39, 0.29) is 12.2 Å². The average molecular weight is 362 g/mol. The van der Waals surface area contributed by atoms with Crippen LogP contribution in [0.1, 0.15) is 18.1 Å². The van der Waals surface area contributed by atoms with Crippen molar-refractivity contribution in [2.45, 2.75) is 19.8 Å². The molecule has 3 rings (SSSR count). The number of benzene rings is 3. The lowest BCUT2D eigenvalue weighted by Crippen LogP contribution is -1.92. The van der Waals surface area contributed by atoms with Crippen LogP contribution in [0.2, 0.25) is 0 Å². The van der Waals surface area contributed by atoms with E-state index in [0.29, 0.717) is 18.8 Å². The summed E-state index contributed by atoms with van der Waals surface area (Å²) in [6, 6.07) is 24.8. The lowest BCUT2D eigenvalue weighted by Gasteiger charge is -2.07. The second-order valence-corrected chi connectivity index (χ2v) is 6.17. The lowest BCUT2D eigenvalue weighted by atomic mass is 10.1. The Hall–Kier alpha value is -3.07. The topological polar surface area (TPSA) is 18.5 Å². The highest BCUT2D eigenvalue weighted by atomic mass is 19.1. The molecule has 27 heavy (non-hydrogen) atoms. The molecule has 0 bridgehead atoms. The monoisotopic (exact) mass is 362 g/mol. The van der Waals surface area contributed by atoms with Gasteiger partial charge in [0.25, 0.3) is 0 Å². The van der Waals surface area contributed by atoms with Gasteiger partial charge in [-0.25, -0.2) is 4.39 Å². The summed E-state index contributed by atoms with van der Waals surface area (Å²) >= 11 is 0. The molecule has 0 fully saturated rings. The van der Waals surface area contributed by atoms with Gasteiger partial charge in [-0.15, -0.1) is 0 Å². The summed E-state index contributed by atoms with van der Waals surface area (Å²) in [5.41, 5.74) is 1.93. The normalized spacial score (nSPS) is 11.3. The summed E-state index contributed by atoms with van der Waals surface area (Å²) in [7, 11) is 0. The van der Waals surface area contributed by atoms with E-state index in [1.54, 1.807) is 6.08 Å². The summed E-state index contributed by atoms with van der Waals surface area (Å²) < 4.78 is 25.6. The van der Waals surface area contributed by atoms with Crippen LogP contribution in [-0.4, -0.2) is 6.61 Å². The van der Waals surface area contributed by atoms with E-state index in [1.165, 1.54) is 0 Å². The Morgan fingerprint density at radius 2 is 1.56 bits per heavy atom. The molecule has 0 saturated heterocycles. The highest BCUT2D eigenvalue weighted by Gasteiger charge is 2.03. The van der Waals surface area contributed by atoms with Crippen LogP contribution >= 0.6 is 0 Å². The van der Waals surface area contributed by atoms with Gasteiger partial charge in [-0.3, -0.25) is 0 Å². The Bertz CT molecular complexity index is 870. The number of para-hydroxylation sites is 1. The van der Waals surface area contributed by atoms with Gasteiger partial charge >= 0.3 is 0 Å². The first kappa shape index (κ1) is 18.7. The van der Waals surface area contributed by atoms with Crippen LogP contribution in [0.25, 0.3) is 0 Å². The second-order valence-electron chi connectivity index (χ2n) is 6.17. The third-order valence-corrected chi connectivity index (χ3v) is 4.04. The van der Waals surface area contributed by atoms with Crippen molar-refractivity contribution in [3.8, 4) is 17.2 Å². The molecule has 3 heteroatoms. The Morgan fingerprint density at radius 3 is 2.30 bits per heavy atom. The second kappa shape index (κ2) is 9.58. The standard InChI is InChI=1S/C24H23FO2/c1-2-26-22-15-12-19(13-16-22)11-14-21(25)17-20-7-6-10-24(18-20)27-23-8-4-3-5-9-23/h3-10,12-16,18H,2,11,17H2,1H3. The summed E-state index contributed by atoms with van der Waals surface area (Å²) in [5.74, 6) is 2.15. The maximum Gasteiger partial charge on any atom is 0.127 e. The van der Waals surface area contributed by atoms with Crippen molar-refractivity contribution in [1.29, 1.82) is 0 Å². The van der Waals surface area contributed by atoms with E-state index < -0.39 is 0 Å². The van der Waals surface area contributed by atoms with Gasteiger partial charge in [0.2, 0.25) is 0 Å². The zero-order valence-electron chi connectivity index (χ0n) is 15.4. The van der Waals surface area contributed by atoms with Gasteiger partial charge in [0.15, 0.2) is 0 Å². The summed E-state index contributed by atoms with van der Waals surface area (Å²) in [5, 5.41) is 0. The molecular formula is C24H23FO2. The molecule has 0 aliphatic rings. The third kappa shape index (κ3) is 6.00. The Kier molecular flexibility index (Phi) is 6.64. The van der Waals surface area contributed by atoms with E-state index in [9.17, 15) is 4.39 Å². The highest BCUT2D eigenvalue weighted by Crippen LogP contribution is 2.23. The Balaban J connectivity index is 1.59. The van der Waals surface area contributed by atoms with Crippen LogP contribution < -0.4 is 9.47 Å². The quantitative estimate of drug-likeness (QED) is 0.454. The van der Waals surface area contributed by atoms with E-state index in [2.05, 4.69) is 0 Å². The van der Waals surface area contributed by atoms with E-state index in [4.69, 9.17) is 9.47 Å². The van der Waals surface area contributed by atoms with Crippen LogP contribution in [0.4, 0.5) is 4.39 Å². The average Bonchev–Trinajstić information content (AvgIpc) is 2.69. The van der Waals surface area contributed by atoms with Crippen molar-refractivity contribution in [3.05, 3.63) is 102 Å². The van der Waals surface area contributed by atoms with Gasteiger partial charge < -0.3 is 9.47 Å². The number of allylic oxidation sites excluding steroid dienone is 2. The molecule has 3 aromatic carbocycles. The van der Waals surface area contributed by atoms with E-state index in [0.717, 1.165) is 22.6 Å². The maximum atomic E-state index is 14.3. The molecule has 3 aromatic rings. The molecule has 0 aromatic heterocycles. The minimum atomic E-state index is -0.152. The third-order valence-electron chi connectivity index (χ3n) is 4.04. The van der Waals surface area contributed by atoms with Crippen molar-refractivity contribution >= 4 is 0 Å². The molecule has 0 atom stereocenters. The van der Waals surface area contributed by atoms with Crippen LogP contribution in [0.3, 0.4) is 0 Å². The van der Waals surface area contributed by atoms with Crippen LogP contribution in [0.15, 0.2) is 90.8 Å². The van der Waals surface area contributed by atoms with Crippen LogP contribution in [-0.2, 0) is 12.8 Å². The van der Waals surface area contributed by atoms with Gasteiger partial charge in [-0.2, -0.15) is 0 Å². The number of ether oxygens (including phenoxy) is 2. The predicted molar refractivity (Wildman–Crippen MR) is 107 cm³/mol. The number of rotatable bonds is 8. The molecule has 0 spiro atoms. The lowest BCUT2D eigenvalue weighted by molar-refractivity contribution is 0.340. The molecule has 2 nitrogen and oxygen atoms in total. The number of hydrogen-bond donors (Lipinski definition) is 0. The zero-order chi connectivity index (χ0) is 18.9. The van der Waals surface area contributed by atoms with Crippen molar-refractivity contribution in [3.63, 3.8) is 0 Å².